The van der Waals surface area contributed by atoms with Gasteiger partial charge in [0.2, 0.25) is 10.0 Å². The molecule has 0 unspecified atom stereocenters. The van der Waals surface area contributed by atoms with Crippen molar-refractivity contribution >= 4 is 21.4 Å². The lowest BCUT2D eigenvalue weighted by molar-refractivity contribution is 0.521. The van der Waals surface area contributed by atoms with Crippen molar-refractivity contribution in [2.75, 3.05) is 31.3 Å². The van der Waals surface area contributed by atoms with E-state index in [-0.39, 0.29) is 0 Å². The van der Waals surface area contributed by atoms with Gasteiger partial charge in [0.1, 0.15) is 0 Å². The zero-order valence-corrected chi connectivity index (χ0v) is 14.2. The van der Waals surface area contributed by atoms with E-state index in [1.165, 1.54) is 9.87 Å². The molecule has 0 atom stereocenters. The number of rotatable bonds is 4. The van der Waals surface area contributed by atoms with Crippen molar-refractivity contribution in [2.24, 2.45) is 0 Å². The van der Waals surface area contributed by atoms with Gasteiger partial charge in [0.15, 0.2) is 0 Å². The molecule has 0 spiro atoms. The summed E-state index contributed by atoms with van der Waals surface area (Å²) >= 11 is 0. The number of nitrogens with zero attached hydrogens (tertiary/aromatic N) is 2. The quantitative estimate of drug-likeness (QED) is 0.871. The Morgan fingerprint density at radius 2 is 1.96 bits per heavy atom. The molecule has 6 heteroatoms. The van der Waals surface area contributed by atoms with Crippen LogP contribution < -0.4 is 10.6 Å². The second-order valence-electron chi connectivity index (χ2n) is 5.99. The summed E-state index contributed by atoms with van der Waals surface area (Å²) in [6.07, 6.45) is 0.930. The molecular weight excluding hydrogens is 310 g/mol. The van der Waals surface area contributed by atoms with Crippen molar-refractivity contribution in [2.45, 2.75) is 17.9 Å². The third-order valence-electron chi connectivity index (χ3n) is 4.15. The second-order valence-corrected chi connectivity index (χ2v) is 8.15. The predicted octanol–water partition coefficient (Wildman–Crippen LogP) is 2.08. The maximum absolute atomic E-state index is 12.3. The van der Waals surface area contributed by atoms with Crippen LogP contribution in [0.4, 0.5) is 11.4 Å². The second kappa shape index (κ2) is 5.86. The molecule has 0 aromatic heterocycles. The van der Waals surface area contributed by atoms with Crippen LogP contribution in [0.1, 0.15) is 11.1 Å². The molecule has 2 aromatic carbocycles. The molecule has 0 amide bonds. The zero-order chi connectivity index (χ0) is 16.6. The van der Waals surface area contributed by atoms with E-state index in [9.17, 15) is 8.42 Å². The van der Waals surface area contributed by atoms with Crippen LogP contribution >= 0.6 is 0 Å². The van der Waals surface area contributed by atoms with Crippen molar-refractivity contribution in [3.05, 3.63) is 53.6 Å². The van der Waals surface area contributed by atoms with E-state index in [4.69, 9.17) is 5.73 Å². The summed E-state index contributed by atoms with van der Waals surface area (Å²) in [5.74, 6) is 0. The number of fused-ring (bicyclic) bond motifs is 1. The fourth-order valence-electron chi connectivity index (χ4n) is 2.87. The van der Waals surface area contributed by atoms with Crippen LogP contribution in [0.5, 0.6) is 0 Å². The average molecular weight is 331 g/mol. The average Bonchev–Trinajstić information content (AvgIpc) is 2.89. The van der Waals surface area contributed by atoms with E-state index in [0.29, 0.717) is 4.90 Å². The van der Waals surface area contributed by atoms with Gasteiger partial charge in [-0.2, -0.15) is 0 Å². The standard InChI is InChI=1S/C17H21N3O2S/c1-19(2)23(21,22)16-7-6-14-8-9-20(17(14)11-16)12-13-4-3-5-15(18)10-13/h3-7,10-11H,8-9,12,18H2,1-2H3. The minimum atomic E-state index is -3.41. The number of anilines is 2. The van der Waals surface area contributed by atoms with Gasteiger partial charge >= 0.3 is 0 Å². The lowest BCUT2D eigenvalue weighted by atomic mass is 10.1. The Balaban J connectivity index is 1.93. The highest BCUT2D eigenvalue weighted by atomic mass is 32.2. The molecular formula is C17H21N3O2S. The maximum atomic E-state index is 12.3. The van der Waals surface area contributed by atoms with E-state index in [0.717, 1.165) is 36.4 Å². The number of nitrogen functional groups attached to an aromatic ring is 1. The van der Waals surface area contributed by atoms with Gasteiger partial charge in [-0.05, 0) is 41.8 Å². The first-order valence-corrected chi connectivity index (χ1v) is 8.97. The van der Waals surface area contributed by atoms with Crippen LogP contribution in [0, 0.1) is 0 Å². The molecule has 0 fully saturated rings. The Morgan fingerprint density at radius 1 is 1.17 bits per heavy atom. The van der Waals surface area contributed by atoms with Gasteiger partial charge in [-0.1, -0.05) is 18.2 Å². The van der Waals surface area contributed by atoms with Crippen LogP contribution in [0.2, 0.25) is 0 Å². The lowest BCUT2D eigenvalue weighted by Crippen LogP contribution is -2.23. The summed E-state index contributed by atoms with van der Waals surface area (Å²) in [5.41, 5.74) is 9.89. The van der Waals surface area contributed by atoms with Gasteiger partial charge in [0.05, 0.1) is 4.90 Å². The summed E-state index contributed by atoms with van der Waals surface area (Å²) in [6.45, 7) is 1.61. The third-order valence-corrected chi connectivity index (χ3v) is 5.96. The molecule has 0 saturated carbocycles. The van der Waals surface area contributed by atoms with Crippen LogP contribution in [-0.2, 0) is 23.0 Å². The van der Waals surface area contributed by atoms with E-state index in [1.54, 1.807) is 26.2 Å². The Morgan fingerprint density at radius 3 is 2.65 bits per heavy atom. The fourth-order valence-corrected chi connectivity index (χ4v) is 3.79. The van der Waals surface area contributed by atoms with Gasteiger partial charge in [-0.3, -0.25) is 0 Å². The smallest absolute Gasteiger partial charge is 0.242 e. The molecule has 1 heterocycles. The molecule has 2 N–H and O–H groups in total. The molecule has 23 heavy (non-hydrogen) atoms. The van der Waals surface area contributed by atoms with Crippen molar-refractivity contribution < 1.29 is 8.42 Å². The lowest BCUT2D eigenvalue weighted by Gasteiger charge is -2.21. The Hall–Kier alpha value is -2.05. The van der Waals surface area contributed by atoms with Gasteiger partial charge in [0, 0.05) is 38.6 Å². The van der Waals surface area contributed by atoms with Crippen LogP contribution in [0.3, 0.4) is 0 Å². The van der Waals surface area contributed by atoms with Crippen molar-refractivity contribution in [3.8, 4) is 0 Å². The highest BCUT2D eigenvalue weighted by molar-refractivity contribution is 7.89. The number of hydrogen-bond acceptors (Lipinski definition) is 4. The van der Waals surface area contributed by atoms with Crippen molar-refractivity contribution in [1.29, 1.82) is 0 Å². The summed E-state index contributed by atoms with van der Waals surface area (Å²) < 4.78 is 25.9. The number of sulfonamides is 1. The molecule has 2 aromatic rings. The van der Waals surface area contributed by atoms with E-state index in [2.05, 4.69) is 4.90 Å². The SMILES string of the molecule is CN(C)S(=O)(=O)c1ccc2c(c1)N(Cc1cccc(N)c1)CC2. The van der Waals surface area contributed by atoms with Crippen LogP contribution in [0.15, 0.2) is 47.4 Å². The third kappa shape index (κ3) is 3.04. The van der Waals surface area contributed by atoms with E-state index in [1.807, 2.05) is 30.3 Å². The van der Waals surface area contributed by atoms with Gasteiger partial charge < -0.3 is 10.6 Å². The van der Waals surface area contributed by atoms with Crippen molar-refractivity contribution in [3.63, 3.8) is 0 Å². The highest BCUT2D eigenvalue weighted by Crippen LogP contribution is 2.32. The van der Waals surface area contributed by atoms with Crippen molar-refractivity contribution in [1.82, 2.24) is 4.31 Å². The van der Waals surface area contributed by atoms with Gasteiger partial charge in [-0.25, -0.2) is 12.7 Å². The monoisotopic (exact) mass is 331 g/mol. The van der Waals surface area contributed by atoms with Gasteiger partial charge in [-0.15, -0.1) is 0 Å². The molecule has 5 nitrogen and oxygen atoms in total. The number of hydrogen-bond donors (Lipinski definition) is 1. The molecule has 1 aliphatic heterocycles. The molecule has 0 bridgehead atoms. The summed E-state index contributed by atoms with van der Waals surface area (Å²) in [6, 6.07) is 13.2. The minimum Gasteiger partial charge on any atom is -0.399 e. The summed E-state index contributed by atoms with van der Waals surface area (Å²) in [4.78, 5) is 2.54. The van der Waals surface area contributed by atoms with E-state index < -0.39 is 10.0 Å². The maximum Gasteiger partial charge on any atom is 0.242 e. The predicted molar refractivity (Wildman–Crippen MR) is 92.9 cm³/mol. The van der Waals surface area contributed by atoms with Gasteiger partial charge in [0.25, 0.3) is 0 Å². The Labute approximate surface area is 137 Å². The topological polar surface area (TPSA) is 66.6 Å². The molecule has 0 saturated heterocycles. The number of benzene rings is 2. The normalized spacial score (nSPS) is 14.3. The zero-order valence-electron chi connectivity index (χ0n) is 13.4. The Bertz CT molecular complexity index is 831. The number of nitrogens with two attached hydrogens (primary N) is 1. The fraction of sp³-hybridized carbons (Fsp3) is 0.294. The highest BCUT2D eigenvalue weighted by Gasteiger charge is 2.24. The van der Waals surface area contributed by atoms with Crippen LogP contribution in [-0.4, -0.2) is 33.4 Å². The molecule has 122 valence electrons. The molecule has 0 radical (unpaired) electrons. The molecule has 0 aliphatic carbocycles. The first-order valence-electron chi connectivity index (χ1n) is 7.53. The Kier molecular flexibility index (Phi) is 4.04. The largest absolute Gasteiger partial charge is 0.399 e. The summed E-state index contributed by atoms with van der Waals surface area (Å²) in [5, 5.41) is 0. The first kappa shape index (κ1) is 15.8. The van der Waals surface area contributed by atoms with Crippen LogP contribution in [0.25, 0.3) is 0 Å². The molecule has 1 aliphatic rings. The molecule has 3 rings (SSSR count). The first-order chi connectivity index (χ1) is 10.9. The van der Waals surface area contributed by atoms with E-state index >= 15 is 0 Å². The summed E-state index contributed by atoms with van der Waals surface area (Å²) in [7, 11) is -0.317. The minimum absolute atomic E-state index is 0.334.